The van der Waals surface area contributed by atoms with Crippen molar-refractivity contribution in [2.45, 2.75) is 18.9 Å². The van der Waals surface area contributed by atoms with Crippen LogP contribution in [0.4, 0.5) is 5.69 Å². The van der Waals surface area contributed by atoms with Gasteiger partial charge in [-0.05, 0) is 34.7 Å². The van der Waals surface area contributed by atoms with E-state index in [1.54, 1.807) is 23.7 Å². The number of ether oxygens (including phenoxy) is 1. The molecular formula is C13H15N5O2. The number of benzene rings is 1. The highest BCUT2D eigenvalue weighted by atomic mass is 16.5. The summed E-state index contributed by atoms with van der Waals surface area (Å²) in [6.45, 7) is 0. The number of amides is 1. The van der Waals surface area contributed by atoms with Crippen molar-refractivity contribution in [1.29, 1.82) is 0 Å². The number of tetrazole rings is 1. The molecule has 1 atom stereocenters. The highest BCUT2D eigenvalue weighted by Crippen LogP contribution is 2.30. The Morgan fingerprint density at radius 2 is 2.10 bits per heavy atom. The molecule has 7 nitrogen and oxygen atoms in total. The number of anilines is 1. The minimum absolute atomic E-state index is 0.112. The van der Waals surface area contributed by atoms with Crippen LogP contribution in [0.1, 0.15) is 12.2 Å². The molecule has 1 aromatic heterocycles. The number of aromatic nitrogens is 4. The second-order valence-corrected chi connectivity index (χ2v) is 4.74. The van der Waals surface area contributed by atoms with Crippen LogP contribution in [0, 0.1) is 0 Å². The van der Waals surface area contributed by atoms with Gasteiger partial charge in [0.05, 0.1) is 13.2 Å². The number of methoxy groups -OCH3 is 1. The quantitative estimate of drug-likeness (QED) is 0.761. The molecule has 2 aromatic rings. The molecule has 7 heteroatoms. The topological polar surface area (TPSA) is 73.1 Å². The summed E-state index contributed by atoms with van der Waals surface area (Å²) >= 11 is 0. The first-order chi connectivity index (χ1) is 9.69. The molecular weight excluding hydrogens is 258 g/mol. The van der Waals surface area contributed by atoms with Gasteiger partial charge in [0.15, 0.2) is 5.82 Å². The number of nitrogens with zero attached hydrogens (tertiary/aromatic N) is 5. The van der Waals surface area contributed by atoms with Gasteiger partial charge in [-0.1, -0.05) is 0 Å². The lowest BCUT2D eigenvalue weighted by atomic mass is 9.97. The first-order valence-electron chi connectivity index (χ1n) is 6.36. The molecule has 0 saturated carbocycles. The highest BCUT2D eigenvalue weighted by Gasteiger charge is 2.38. The fourth-order valence-electron chi connectivity index (χ4n) is 2.38. The van der Waals surface area contributed by atoms with E-state index >= 15 is 0 Å². The molecule has 1 aromatic carbocycles. The van der Waals surface area contributed by atoms with Crippen LogP contribution in [0.25, 0.3) is 0 Å². The first kappa shape index (κ1) is 12.6. The van der Waals surface area contributed by atoms with Crippen molar-refractivity contribution in [1.82, 2.24) is 20.2 Å². The predicted octanol–water partition coefficient (Wildman–Crippen LogP) is 0.567. The number of carbonyl (C=O) groups excluding carboxylic acids is 1. The Balaban J connectivity index is 1.77. The Labute approximate surface area is 116 Å². The lowest BCUT2D eigenvalue weighted by Gasteiger charge is -2.40. The average molecular weight is 273 g/mol. The van der Waals surface area contributed by atoms with Gasteiger partial charge in [-0.25, -0.2) is 4.68 Å². The first-order valence-corrected chi connectivity index (χ1v) is 6.36. The Kier molecular flexibility index (Phi) is 3.09. The third kappa shape index (κ3) is 2.11. The molecule has 1 aliphatic heterocycles. The van der Waals surface area contributed by atoms with Crippen molar-refractivity contribution in [3.05, 3.63) is 30.1 Å². The van der Waals surface area contributed by atoms with E-state index in [2.05, 4.69) is 15.5 Å². The molecule has 20 heavy (non-hydrogen) atoms. The van der Waals surface area contributed by atoms with Gasteiger partial charge in [-0.15, -0.1) is 5.10 Å². The molecule has 1 aliphatic rings. The zero-order chi connectivity index (χ0) is 14.1. The minimum atomic E-state index is 0.112. The maximum absolute atomic E-state index is 11.8. The van der Waals surface area contributed by atoms with Crippen molar-refractivity contribution < 1.29 is 9.53 Å². The average Bonchev–Trinajstić information content (AvgIpc) is 2.84. The second kappa shape index (κ2) is 4.92. The summed E-state index contributed by atoms with van der Waals surface area (Å²) in [7, 11) is 3.42. The number of hydrogen-bond acceptors (Lipinski definition) is 5. The van der Waals surface area contributed by atoms with Gasteiger partial charge in [-0.3, -0.25) is 4.79 Å². The molecule has 2 heterocycles. The number of hydrogen-bond donors (Lipinski definition) is 0. The molecule has 1 fully saturated rings. The monoisotopic (exact) mass is 273 g/mol. The lowest BCUT2D eigenvalue weighted by Crippen LogP contribution is -2.54. The zero-order valence-corrected chi connectivity index (χ0v) is 11.4. The van der Waals surface area contributed by atoms with Crippen LogP contribution in [-0.4, -0.2) is 39.3 Å². The van der Waals surface area contributed by atoms with Gasteiger partial charge in [0.1, 0.15) is 5.75 Å². The summed E-state index contributed by atoms with van der Waals surface area (Å²) in [6.07, 6.45) is 1.18. The van der Waals surface area contributed by atoms with Crippen molar-refractivity contribution in [2.75, 3.05) is 12.0 Å². The van der Waals surface area contributed by atoms with Crippen LogP contribution in [0.3, 0.4) is 0 Å². The third-order valence-corrected chi connectivity index (χ3v) is 3.52. The van der Waals surface area contributed by atoms with Crippen molar-refractivity contribution in [3.8, 4) is 5.75 Å². The highest BCUT2D eigenvalue weighted by molar-refractivity contribution is 6.00. The van der Waals surface area contributed by atoms with Gasteiger partial charge in [-0.2, -0.15) is 0 Å². The van der Waals surface area contributed by atoms with Crippen LogP contribution >= 0.6 is 0 Å². The predicted molar refractivity (Wildman–Crippen MR) is 71.4 cm³/mol. The van der Waals surface area contributed by atoms with Crippen molar-refractivity contribution >= 4 is 11.6 Å². The van der Waals surface area contributed by atoms with Gasteiger partial charge in [0.2, 0.25) is 5.91 Å². The fourth-order valence-corrected chi connectivity index (χ4v) is 2.38. The van der Waals surface area contributed by atoms with Crippen LogP contribution in [0.15, 0.2) is 24.3 Å². The van der Waals surface area contributed by atoms with Gasteiger partial charge < -0.3 is 9.64 Å². The van der Waals surface area contributed by atoms with E-state index in [0.717, 1.165) is 17.3 Å². The van der Waals surface area contributed by atoms with E-state index in [9.17, 15) is 4.79 Å². The molecule has 104 valence electrons. The van der Waals surface area contributed by atoms with Gasteiger partial charge in [0.25, 0.3) is 0 Å². The van der Waals surface area contributed by atoms with Crippen molar-refractivity contribution in [2.24, 2.45) is 7.05 Å². The van der Waals surface area contributed by atoms with Crippen LogP contribution in [0.5, 0.6) is 5.75 Å². The van der Waals surface area contributed by atoms with Crippen LogP contribution in [0.2, 0.25) is 0 Å². The Morgan fingerprint density at radius 1 is 1.35 bits per heavy atom. The van der Waals surface area contributed by atoms with E-state index < -0.39 is 0 Å². The molecule has 1 unspecified atom stereocenters. The molecule has 0 spiro atoms. The summed E-state index contributed by atoms with van der Waals surface area (Å²) in [5, 5.41) is 11.4. The SMILES string of the molecule is COc1ccc(N2C(=O)CC2Cc2nnnn2C)cc1. The summed E-state index contributed by atoms with van der Waals surface area (Å²) in [5.74, 6) is 1.67. The minimum Gasteiger partial charge on any atom is -0.497 e. The standard InChI is InChI=1S/C13H15N5O2/c1-17-12(14-15-16-17)7-10-8-13(19)18(10)9-3-5-11(20-2)6-4-9/h3-6,10H,7-8H2,1-2H3. The molecule has 0 radical (unpaired) electrons. The van der Waals surface area contributed by atoms with Crippen LogP contribution in [-0.2, 0) is 18.3 Å². The maximum atomic E-state index is 11.8. The smallest absolute Gasteiger partial charge is 0.229 e. The van der Waals surface area contributed by atoms with Crippen LogP contribution < -0.4 is 9.64 Å². The summed E-state index contributed by atoms with van der Waals surface area (Å²) in [5.41, 5.74) is 0.877. The Hall–Kier alpha value is -2.44. The molecule has 0 N–H and O–H groups in total. The summed E-state index contributed by atoms with van der Waals surface area (Å²) in [4.78, 5) is 13.6. The maximum Gasteiger partial charge on any atom is 0.229 e. The molecule has 1 saturated heterocycles. The molecule has 0 bridgehead atoms. The summed E-state index contributed by atoms with van der Waals surface area (Å²) < 4.78 is 6.76. The lowest BCUT2D eigenvalue weighted by molar-refractivity contribution is -0.124. The zero-order valence-electron chi connectivity index (χ0n) is 11.4. The van der Waals surface area contributed by atoms with Gasteiger partial charge in [0, 0.05) is 25.6 Å². The second-order valence-electron chi connectivity index (χ2n) is 4.74. The van der Waals surface area contributed by atoms with E-state index in [4.69, 9.17) is 4.74 Å². The molecule has 3 rings (SSSR count). The van der Waals surface area contributed by atoms with Crippen molar-refractivity contribution in [3.63, 3.8) is 0 Å². The molecule has 1 amide bonds. The Morgan fingerprint density at radius 3 is 2.65 bits per heavy atom. The van der Waals surface area contributed by atoms with Gasteiger partial charge >= 0.3 is 0 Å². The van der Waals surface area contributed by atoms with E-state index in [0.29, 0.717) is 12.8 Å². The largest absolute Gasteiger partial charge is 0.497 e. The number of aryl methyl sites for hydroxylation is 1. The summed E-state index contributed by atoms with van der Waals surface area (Å²) in [6, 6.07) is 7.58. The normalized spacial score (nSPS) is 18.0. The number of carbonyl (C=O) groups is 1. The van der Waals surface area contributed by atoms with E-state index in [1.807, 2.05) is 24.3 Å². The van der Waals surface area contributed by atoms with E-state index in [-0.39, 0.29) is 11.9 Å². The van der Waals surface area contributed by atoms with E-state index in [1.165, 1.54) is 0 Å². The number of rotatable bonds is 4. The number of β-lactam (4-membered cyclic amide) rings is 1. The fraction of sp³-hybridized carbons (Fsp3) is 0.385. The third-order valence-electron chi connectivity index (χ3n) is 3.52. The molecule has 0 aliphatic carbocycles. The Bertz CT molecular complexity index is 622.